The average molecular weight is 230 g/mol. The minimum absolute atomic E-state index is 1.06. The van der Waals surface area contributed by atoms with Gasteiger partial charge in [-0.05, 0) is 62.0 Å². The molecule has 0 aliphatic carbocycles. The quantitative estimate of drug-likeness (QED) is 0.854. The van der Waals surface area contributed by atoms with Gasteiger partial charge in [-0.25, -0.2) is 0 Å². The Balaban J connectivity index is 1.51. The van der Waals surface area contributed by atoms with Gasteiger partial charge in [0.1, 0.15) is 0 Å². The molecule has 2 aliphatic heterocycles. The maximum Gasteiger partial charge on any atom is 0.0212 e. The predicted octanol–water partition coefficient (Wildman–Crippen LogP) is 2.32. The van der Waals surface area contributed by atoms with E-state index in [-0.39, 0.29) is 0 Å². The lowest BCUT2D eigenvalue weighted by atomic mass is 10.0. The molecule has 0 saturated carbocycles. The zero-order chi connectivity index (χ0) is 11.5. The second-order valence-electron chi connectivity index (χ2n) is 5.36. The number of aryl methyl sites for hydroxylation is 1. The van der Waals surface area contributed by atoms with E-state index in [1.807, 2.05) is 0 Å². The van der Waals surface area contributed by atoms with Crippen molar-refractivity contribution < 1.29 is 0 Å². The fourth-order valence-electron chi connectivity index (χ4n) is 3.02. The summed E-state index contributed by atoms with van der Waals surface area (Å²) in [7, 11) is 0. The monoisotopic (exact) mass is 230 g/mol. The van der Waals surface area contributed by atoms with Crippen molar-refractivity contribution in [1.29, 1.82) is 0 Å². The number of benzene rings is 1. The van der Waals surface area contributed by atoms with Gasteiger partial charge in [-0.3, -0.25) is 0 Å². The Labute approximate surface area is 104 Å². The molecule has 17 heavy (non-hydrogen) atoms. The second-order valence-corrected chi connectivity index (χ2v) is 5.36. The third kappa shape index (κ3) is 2.70. The van der Waals surface area contributed by atoms with Gasteiger partial charge in [-0.1, -0.05) is 18.2 Å². The summed E-state index contributed by atoms with van der Waals surface area (Å²) in [5.41, 5.74) is 4.53. The number of rotatable bonds is 4. The van der Waals surface area contributed by atoms with Gasteiger partial charge in [0.2, 0.25) is 0 Å². The Morgan fingerprint density at radius 3 is 2.76 bits per heavy atom. The number of hydrogen-bond donors (Lipinski definition) is 1. The van der Waals surface area contributed by atoms with E-state index < -0.39 is 0 Å². The van der Waals surface area contributed by atoms with Crippen LogP contribution in [0.2, 0.25) is 0 Å². The first-order chi connectivity index (χ1) is 8.42. The first kappa shape index (κ1) is 11.2. The van der Waals surface area contributed by atoms with Gasteiger partial charge >= 0.3 is 0 Å². The molecule has 92 valence electrons. The highest BCUT2D eigenvalue weighted by atomic mass is 15.1. The minimum atomic E-state index is 1.06. The number of nitrogens with one attached hydrogen (secondary N) is 1. The number of fused-ring (bicyclic) bond motifs is 1. The molecule has 0 spiro atoms. The van der Waals surface area contributed by atoms with Crippen molar-refractivity contribution in [3.05, 3.63) is 34.9 Å². The summed E-state index contributed by atoms with van der Waals surface area (Å²) in [5.74, 6) is 0. The third-order valence-electron chi connectivity index (χ3n) is 4.04. The van der Waals surface area contributed by atoms with Crippen LogP contribution in [0.15, 0.2) is 18.2 Å². The standard InChI is InChI=1S/C15H22N2/c1-2-8-17(7-1)9-3-4-13-5-6-14-11-16-12-15(14)10-13/h5-6,10,16H,1-4,7-9,11-12H2. The highest BCUT2D eigenvalue weighted by Crippen LogP contribution is 2.18. The molecule has 1 fully saturated rings. The van der Waals surface area contributed by atoms with Crippen LogP contribution in [-0.2, 0) is 19.5 Å². The summed E-state index contributed by atoms with van der Waals surface area (Å²) in [6.45, 7) is 6.07. The maximum atomic E-state index is 3.41. The van der Waals surface area contributed by atoms with Crippen LogP contribution in [0.3, 0.4) is 0 Å². The van der Waals surface area contributed by atoms with Gasteiger partial charge in [-0.15, -0.1) is 0 Å². The lowest BCUT2D eigenvalue weighted by molar-refractivity contribution is 0.334. The van der Waals surface area contributed by atoms with Crippen molar-refractivity contribution in [2.45, 2.75) is 38.8 Å². The third-order valence-corrected chi connectivity index (χ3v) is 4.04. The van der Waals surface area contributed by atoms with E-state index in [9.17, 15) is 0 Å². The van der Waals surface area contributed by atoms with Crippen molar-refractivity contribution in [3.63, 3.8) is 0 Å². The van der Waals surface area contributed by atoms with Crippen LogP contribution in [0.5, 0.6) is 0 Å². The SMILES string of the molecule is c1cc2c(cc1CCCN1CCCC1)CNC2. The van der Waals surface area contributed by atoms with Crippen LogP contribution in [0, 0.1) is 0 Å². The van der Waals surface area contributed by atoms with Crippen molar-refractivity contribution in [3.8, 4) is 0 Å². The number of nitrogens with zero attached hydrogens (tertiary/aromatic N) is 1. The molecule has 0 radical (unpaired) electrons. The zero-order valence-corrected chi connectivity index (χ0v) is 10.5. The van der Waals surface area contributed by atoms with Gasteiger partial charge in [0.05, 0.1) is 0 Å². The molecule has 0 amide bonds. The van der Waals surface area contributed by atoms with Crippen LogP contribution in [0.4, 0.5) is 0 Å². The van der Waals surface area contributed by atoms with E-state index in [1.165, 1.54) is 62.0 Å². The van der Waals surface area contributed by atoms with Crippen LogP contribution in [0.1, 0.15) is 36.0 Å². The van der Waals surface area contributed by atoms with Gasteiger partial charge in [0.25, 0.3) is 0 Å². The Bertz CT molecular complexity index is 381. The molecule has 0 atom stereocenters. The Morgan fingerprint density at radius 1 is 1.06 bits per heavy atom. The first-order valence-electron chi connectivity index (χ1n) is 6.95. The fraction of sp³-hybridized carbons (Fsp3) is 0.600. The Kier molecular flexibility index (Phi) is 3.44. The van der Waals surface area contributed by atoms with Crippen molar-refractivity contribution in [2.75, 3.05) is 19.6 Å². The summed E-state index contributed by atoms with van der Waals surface area (Å²) in [6, 6.07) is 7.02. The highest BCUT2D eigenvalue weighted by molar-refractivity contribution is 5.34. The number of hydrogen-bond acceptors (Lipinski definition) is 2. The second kappa shape index (κ2) is 5.19. The summed E-state index contributed by atoms with van der Waals surface area (Å²) < 4.78 is 0. The molecule has 2 aliphatic rings. The molecule has 0 aromatic heterocycles. The number of likely N-dealkylation sites (tertiary alicyclic amines) is 1. The molecule has 0 unspecified atom stereocenters. The van der Waals surface area contributed by atoms with Crippen LogP contribution in [0.25, 0.3) is 0 Å². The molecule has 1 aromatic rings. The smallest absolute Gasteiger partial charge is 0.0212 e. The lowest BCUT2D eigenvalue weighted by Crippen LogP contribution is -2.20. The van der Waals surface area contributed by atoms with Gasteiger partial charge < -0.3 is 10.2 Å². The van der Waals surface area contributed by atoms with Gasteiger partial charge in [0.15, 0.2) is 0 Å². The maximum absolute atomic E-state index is 3.41. The van der Waals surface area contributed by atoms with Gasteiger partial charge in [0, 0.05) is 13.1 Å². The summed E-state index contributed by atoms with van der Waals surface area (Å²) in [6.07, 6.45) is 5.37. The Morgan fingerprint density at radius 2 is 1.88 bits per heavy atom. The van der Waals surface area contributed by atoms with E-state index in [0.29, 0.717) is 0 Å². The fourth-order valence-corrected chi connectivity index (χ4v) is 3.02. The van der Waals surface area contributed by atoms with Crippen LogP contribution < -0.4 is 5.32 Å². The lowest BCUT2D eigenvalue weighted by Gasteiger charge is -2.14. The molecular weight excluding hydrogens is 208 g/mol. The molecular formula is C15H22N2. The van der Waals surface area contributed by atoms with Gasteiger partial charge in [-0.2, -0.15) is 0 Å². The Hall–Kier alpha value is -0.860. The summed E-state index contributed by atoms with van der Waals surface area (Å²) in [5, 5.41) is 3.41. The van der Waals surface area contributed by atoms with E-state index in [1.54, 1.807) is 0 Å². The minimum Gasteiger partial charge on any atom is -0.309 e. The molecule has 1 saturated heterocycles. The predicted molar refractivity (Wildman–Crippen MR) is 71.0 cm³/mol. The van der Waals surface area contributed by atoms with Crippen molar-refractivity contribution >= 4 is 0 Å². The van der Waals surface area contributed by atoms with Crippen LogP contribution in [-0.4, -0.2) is 24.5 Å². The van der Waals surface area contributed by atoms with E-state index in [2.05, 4.69) is 28.4 Å². The topological polar surface area (TPSA) is 15.3 Å². The summed E-state index contributed by atoms with van der Waals surface area (Å²) in [4.78, 5) is 2.61. The summed E-state index contributed by atoms with van der Waals surface area (Å²) >= 11 is 0. The molecule has 2 nitrogen and oxygen atoms in total. The largest absolute Gasteiger partial charge is 0.309 e. The normalized spacial score (nSPS) is 19.8. The van der Waals surface area contributed by atoms with Crippen molar-refractivity contribution in [2.24, 2.45) is 0 Å². The molecule has 0 bridgehead atoms. The average Bonchev–Trinajstić information content (AvgIpc) is 2.98. The molecule has 1 N–H and O–H groups in total. The van der Waals surface area contributed by atoms with E-state index in [4.69, 9.17) is 0 Å². The van der Waals surface area contributed by atoms with Crippen molar-refractivity contribution in [1.82, 2.24) is 10.2 Å². The van der Waals surface area contributed by atoms with E-state index in [0.717, 1.165) is 13.1 Å². The molecule has 3 rings (SSSR count). The molecule has 2 heterocycles. The molecule has 2 heteroatoms. The van der Waals surface area contributed by atoms with Crippen LogP contribution >= 0.6 is 0 Å². The van der Waals surface area contributed by atoms with E-state index >= 15 is 0 Å². The molecule has 1 aromatic carbocycles. The zero-order valence-electron chi connectivity index (χ0n) is 10.5. The first-order valence-corrected chi connectivity index (χ1v) is 6.95. The highest BCUT2D eigenvalue weighted by Gasteiger charge is 2.12.